The number of rotatable bonds is 10. The van der Waals surface area contributed by atoms with E-state index < -0.39 is 22.7 Å². The molecule has 13 nitrogen and oxygen atoms in total. The zero-order chi connectivity index (χ0) is 19.8. The summed E-state index contributed by atoms with van der Waals surface area (Å²) in [5, 5.41) is 31.9. The first-order valence-corrected chi connectivity index (χ1v) is 7.81. The highest BCUT2D eigenvalue weighted by atomic mass is 16.6. The second-order valence-corrected chi connectivity index (χ2v) is 5.39. The Bertz CT molecular complexity index is 843. The predicted octanol–water partition coefficient (Wildman–Crippen LogP) is -0.991. The number of hydrogen-bond donors (Lipinski definition) is 3. The Balaban J connectivity index is 1.68. The van der Waals surface area contributed by atoms with Crippen LogP contribution in [0.5, 0.6) is 0 Å². The smallest absolute Gasteiger partial charge is 0.307 e. The average molecular weight is 379 g/mol. The van der Waals surface area contributed by atoms with Gasteiger partial charge in [-0.1, -0.05) is 0 Å². The average Bonchev–Trinajstić information content (AvgIpc) is 3.26. The van der Waals surface area contributed by atoms with Gasteiger partial charge in [-0.25, -0.2) is 0 Å². The van der Waals surface area contributed by atoms with E-state index in [1.54, 1.807) is 0 Å². The molecule has 2 rings (SSSR count). The predicted molar refractivity (Wildman–Crippen MR) is 88.7 cm³/mol. The zero-order valence-electron chi connectivity index (χ0n) is 14.1. The van der Waals surface area contributed by atoms with Gasteiger partial charge >= 0.3 is 11.7 Å². The third-order valence-electron chi connectivity index (χ3n) is 3.32. The van der Waals surface area contributed by atoms with Gasteiger partial charge in [-0.3, -0.25) is 33.9 Å². The SMILES string of the molecule is O=C(O)CCn1cc(C(=O)NCCNC(=O)Cn2cc([N+](=O)[O-])cn2)cn1. The number of hydrogen-bond acceptors (Lipinski definition) is 7. The summed E-state index contributed by atoms with van der Waals surface area (Å²) < 4.78 is 2.49. The summed E-state index contributed by atoms with van der Waals surface area (Å²) in [6, 6.07) is 0. The van der Waals surface area contributed by atoms with Crippen LogP contribution in [0.1, 0.15) is 16.8 Å². The van der Waals surface area contributed by atoms with Crippen LogP contribution in [-0.4, -0.2) is 60.5 Å². The standard InChI is InChI=1S/C14H17N7O6/c22-12(9-20-8-11(6-18-20)21(26)27)15-2-3-16-14(25)10-5-17-19(7-10)4-1-13(23)24/h5-8H,1-4,9H2,(H,15,22)(H,16,25)(H,23,24). The van der Waals surface area contributed by atoms with Gasteiger partial charge in [0.1, 0.15) is 18.9 Å². The second-order valence-electron chi connectivity index (χ2n) is 5.39. The van der Waals surface area contributed by atoms with Crippen molar-refractivity contribution in [3.8, 4) is 0 Å². The topological polar surface area (TPSA) is 174 Å². The maximum absolute atomic E-state index is 11.9. The van der Waals surface area contributed by atoms with Gasteiger partial charge in [0.15, 0.2) is 0 Å². The molecule has 27 heavy (non-hydrogen) atoms. The molecule has 0 saturated heterocycles. The van der Waals surface area contributed by atoms with E-state index in [0.717, 1.165) is 17.1 Å². The quantitative estimate of drug-likeness (QED) is 0.268. The van der Waals surface area contributed by atoms with Crippen molar-refractivity contribution in [1.82, 2.24) is 30.2 Å². The number of amides is 2. The zero-order valence-corrected chi connectivity index (χ0v) is 14.1. The first-order chi connectivity index (χ1) is 12.8. The maximum atomic E-state index is 11.9. The fourth-order valence-corrected chi connectivity index (χ4v) is 2.03. The summed E-state index contributed by atoms with van der Waals surface area (Å²) in [5.74, 6) is -1.78. The summed E-state index contributed by atoms with van der Waals surface area (Å²) in [6.07, 6.45) is 4.84. The third kappa shape index (κ3) is 6.22. The summed E-state index contributed by atoms with van der Waals surface area (Å²) in [4.78, 5) is 44.1. The van der Waals surface area contributed by atoms with E-state index in [-0.39, 0.29) is 43.9 Å². The number of carboxylic acids is 1. The molecule has 0 radical (unpaired) electrons. The number of nitrogens with zero attached hydrogens (tertiary/aromatic N) is 5. The van der Waals surface area contributed by atoms with Crippen molar-refractivity contribution in [2.45, 2.75) is 19.5 Å². The van der Waals surface area contributed by atoms with E-state index in [0.29, 0.717) is 0 Å². The molecule has 2 aromatic heterocycles. The van der Waals surface area contributed by atoms with Crippen LogP contribution in [0.25, 0.3) is 0 Å². The van der Waals surface area contributed by atoms with Crippen molar-refractivity contribution in [2.75, 3.05) is 13.1 Å². The Kier molecular flexibility index (Phi) is 6.57. The molecular weight excluding hydrogens is 362 g/mol. The molecule has 3 N–H and O–H groups in total. The van der Waals surface area contributed by atoms with Crippen LogP contribution in [0.3, 0.4) is 0 Å². The van der Waals surface area contributed by atoms with Gasteiger partial charge in [0.2, 0.25) is 5.91 Å². The van der Waals surface area contributed by atoms with E-state index in [9.17, 15) is 24.5 Å². The lowest BCUT2D eigenvalue weighted by Gasteiger charge is -2.06. The van der Waals surface area contributed by atoms with Gasteiger partial charge in [0.25, 0.3) is 5.91 Å². The fraction of sp³-hybridized carbons (Fsp3) is 0.357. The molecule has 0 saturated carbocycles. The molecule has 0 aromatic carbocycles. The second kappa shape index (κ2) is 9.07. The van der Waals surface area contributed by atoms with Gasteiger partial charge < -0.3 is 15.7 Å². The van der Waals surface area contributed by atoms with Crippen LogP contribution in [-0.2, 0) is 22.7 Å². The minimum absolute atomic E-state index is 0.103. The Morgan fingerprint density at radius 2 is 1.81 bits per heavy atom. The molecule has 0 unspecified atom stereocenters. The molecule has 0 fully saturated rings. The Labute approximate surface area is 152 Å². The molecule has 0 atom stereocenters. The van der Waals surface area contributed by atoms with Crippen LogP contribution in [0.4, 0.5) is 5.69 Å². The molecule has 13 heteroatoms. The van der Waals surface area contributed by atoms with E-state index >= 15 is 0 Å². The Hall–Kier alpha value is -3.77. The minimum atomic E-state index is -0.961. The van der Waals surface area contributed by atoms with Crippen molar-refractivity contribution in [2.24, 2.45) is 0 Å². The van der Waals surface area contributed by atoms with E-state index in [1.165, 1.54) is 17.1 Å². The van der Waals surface area contributed by atoms with Gasteiger partial charge in [-0.2, -0.15) is 10.2 Å². The molecule has 0 spiro atoms. The molecule has 144 valence electrons. The van der Waals surface area contributed by atoms with Crippen molar-refractivity contribution in [1.29, 1.82) is 0 Å². The van der Waals surface area contributed by atoms with Crippen molar-refractivity contribution in [3.63, 3.8) is 0 Å². The van der Waals surface area contributed by atoms with Gasteiger partial charge in [-0.05, 0) is 0 Å². The highest BCUT2D eigenvalue weighted by Crippen LogP contribution is 2.07. The molecule has 2 aromatic rings. The van der Waals surface area contributed by atoms with Crippen LogP contribution < -0.4 is 10.6 Å². The summed E-state index contributed by atoms with van der Waals surface area (Å²) in [5.41, 5.74) is 0.0644. The number of nitro groups is 1. The number of nitrogens with one attached hydrogen (secondary N) is 2. The number of carbonyl (C=O) groups excluding carboxylic acids is 2. The lowest BCUT2D eigenvalue weighted by molar-refractivity contribution is -0.385. The minimum Gasteiger partial charge on any atom is -0.481 e. The van der Waals surface area contributed by atoms with Gasteiger partial charge in [-0.15, -0.1) is 0 Å². The highest BCUT2D eigenvalue weighted by Gasteiger charge is 2.12. The highest BCUT2D eigenvalue weighted by molar-refractivity contribution is 5.93. The van der Waals surface area contributed by atoms with Crippen molar-refractivity contribution in [3.05, 3.63) is 40.5 Å². The summed E-state index contributed by atoms with van der Waals surface area (Å²) in [7, 11) is 0. The molecule has 0 aliphatic rings. The monoisotopic (exact) mass is 379 g/mol. The lowest BCUT2D eigenvalue weighted by atomic mass is 10.3. The molecule has 2 heterocycles. The third-order valence-corrected chi connectivity index (χ3v) is 3.32. The number of aliphatic carboxylic acids is 1. The molecule has 0 bridgehead atoms. The normalized spacial score (nSPS) is 10.4. The van der Waals surface area contributed by atoms with Gasteiger partial charge in [0, 0.05) is 19.3 Å². The van der Waals surface area contributed by atoms with E-state index in [2.05, 4.69) is 20.8 Å². The summed E-state index contributed by atoms with van der Waals surface area (Å²) in [6.45, 7) is 0.285. The van der Waals surface area contributed by atoms with Gasteiger partial charge in [0.05, 0.1) is 29.6 Å². The Morgan fingerprint density at radius 3 is 2.48 bits per heavy atom. The maximum Gasteiger partial charge on any atom is 0.307 e. The van der Waals surface area contributed by atoms with E-state index in [1.807, 2.05) is 0 Å². The van der Waals surface area contributed by atoms with Crippen LogP contribution >= 0.6 is 0 Å². The van der Waals surface area contributed by atoms with E-state index in [4.69, 9.17) is 5.11 Å². The summed E-state index contributed by atoms with van der Waals surface area (Å²) >= 11 is 0. The van der Waals surface area contributed by atoms with Crippen molar-refractivity contribution >= 4 is 23.5 Å². The van der Waals surface area contributed by atoms with Crippen molar-refractivity contribution < 1.29 is 24.4 Å². The molecule has 2 amide bonds. The number of carboxylic acid groups (broad SMARTS) is 1. The Morgan fingerprint density at radius 1 is 1.11 bits per heavy atom. The number of aryl methyl sites for hydroxylation is 1. The first-order valence-electron chi connectivity index (χ1n) is 7.81. The van der Waals surface area contributed by atoms with Crippen LogP contribution in [0.15, 0.2) is 24.8 Å². The molecular formula is C14H17N7O6. The number of aromatic nitrogens is 4. The molecule has 0 aliphatic carbocycles. The number of carbonyl (C=O) groups is 3. The largest absolute Gasteiger partial charge is 0.481 e. The molecule has 0 aliphatic heterocycles. The fourth-order valence-electron chi connectivity index (χ4n) is 2.03. The first kappa shape index (κ1) is 19.6. The van der Waals surface area contributed by atoms with Crippen LogP contribution in [0, 0.1) is 10.1 Å². The van der Waals surface area contributed by atoms with Crippen LogP contribution in [0.2, 0.25) is 0 Å². The lowest BCUT2D eigenvalue weighted by Crippen LogP contribution is -2.36.